The van der Waals surface area contributed by atoms with Crippen LogP contribution in [-0.2, 0) is 14.8 Å². The number of para-hydroxylation sites is 1. The zero-order chi connectivity index (χ0) is 17.6. The number of nitrogens with one attached hydrogen (secondary N) is 1. The largest absolute Gasteiger partial charge is 0.479 e. The Kier molecular flexibility index (Phi) is 5.94. The highest BCUT2D eigenvalue weighted by atomic mass is 32.2. The smallest absolute Gasteiger partial charge is 0.344 e. The molecule has 2 atom stereocenters. The van der Waals surface area contributed by atoms with Gasteiger partial charge < -0.3 is 9.84 Å². The SMILES string of the molecule is CC(CC(Oc1ccccc1)C(=O)O)NS(=O)(=O)c1ccccc1. The van der Waals surface area contributed by atoms with E-state index >= 15 is 0 Å². The van der Waals surface area contributed by atoms with Crippen molar-refractivity contribution in [2.24, 2.45) is 0 Å². The molecule has 0 aliphatic heterocycles. The molecule has 128 valence electrons. The standard InChI is InChI=1S/C17H19NO5S/c1-13(18-24(21,22)15-10-6-3-7-11-15)12-16(17(19)20)23-14-8-4-2-5-9-14/h2-11,13,16,18H,12H2,1H3,(H,19,20). The molecule has 2 aromatic rings. The van der Waals surface area contributed by atoms with Crippen molar-refractivity contribution in [2.45, 2.75) is 30.4 Å². The van der Waals surface area contributed by atoms with Crippen molar-refractivity contribution in [3.05, 3.63) is 60.7 Å². The fourth-order valence-electron chi connectivity index (χ4n) is 2.16. The number of benzene rings is 2. The maximum absolute atomic E-state index is 12.3. The third-order valence-corrected chi connectivity index (χ3v) is 4.88. The van der Waals surface area contributed by atoms with Gasteiger partial charge in [-0.1, -0.05) is 36.4 Å². The summed E-state index contributed by atoms with van der Waals surface area (Å²) in [6.45, 7) is 1.60. The molecule has 0 saturated carbocycles. The number of carboxylic acids is 1. The monoisotopic (exact) mass is 349 g/mol. The van der Waals surface area contributed by atoms with E-state index < -0.39 is 28.1 Å². The molecular formula is C17H19NO5S. The molecular weight excluding hydrogens is 330 g/mol. The van der Waals surface area contributed by atoms with E-state index in [2.05, 4.69) is 4.72 Å². The summed E-state index contributed by atoms with van der Waals surface area (Å²) in [6.07, 6.45) is -1.16. The van der Waals surface area contributed by atoms with Crippen LogP contribution in [0.15, 0.2) is 65.6 Å². The van der Waals surface area contributed by atoms with E-state index in [-0.39, 0.29) is 11.3 Å². The quantitative estimate of drug-likeness (QED) is 0.763. The third kappa shape index (κ3) is 5.07. The molecule has 2 unspecified atom stereocenters. The van der Waals surface area contributed by atoms with E-state index in [9.17, 15) is 18.3 Å². The second-order valence-electron chi connectivity index (χ2n) is 5.33. The molecule has 24 heavy (non-hydrogen) atoms. The average molecular weight is 349 g/mol. The Labute approximate surface area is 141 Å². The zero-order valence-corrected chi connectivity index (χ0v) is 13.9. The minimum absolute atomic E-state index is 0.00368. The van der Waals surface area contributed by atoms with E-state index in [1.54, 1.807) is 55.5 Å². The predicted molar refractivity (Wildman–Crippen MR) is 89.3 cm³/mol. The normalized spacial score (nSPS) is 13.9. The number of aliphatic carboxylic acids is 1. The van der Waals surface area contributed by atoms with Gasteiger partial charge in [0.15, 0.2) is 6.10 Å². The van der Waals surface area contributed by atoms with Crippen LogP contribution in [0.5, 0.6) is 5.75 Å². The fraction of sp³-hybridized carbons (Fsp3) is 0.235. The van der Waals surface area contributed by atoms with E-state index in [1.807, 2.05) is 0 Å². The first kappa shape index (κ1) is 18.0. The summed E-state index contributed by atoms with van der Waals surface area (Å²) in [6, 6.07) is 15.9. The van der Waals surface area contributed by atoms with Gasteiger partial charge in [0.1, 0.15) is 5.75 Å². The Hall–Kier alpha value is -2.38. The summed E-state index contributed by atoms with van der Waals surface area (Å²) in [4.78, 5) is 11.5. The number of hydrogen-bond donors (Lipinski definition) is 2. The fourth-order valence-corrected chi connectivity index (χ4v) is 3.44. The van der Waals surface area contributed by atoms with Crippen LogP contribution in [0.4, 0.5) is 0 Å². The number of carbonyl (C=O) groups is 1. The molecule has 7 heteroatoms. The van der Waals surface area contributed by atoms with Gasteiger partial charge in [0, 0.05) is 12.5 Å². The van der Waals surface area contributed by atoms with Gasteiger partial charge in [0.2, 0.25) is 10.0 Å². The molecule has 0 bridgehead atoms. The molecule has 0 amide bonds. The van der Waals surface area contributed by atoms with Crippen LogP contribution in [0, 0.1) is 0 Å². The van der Waals surface area contributed by atoms with Crippen molar-refractivity contribution in [2.75, 3.05) is 0 Å². The van der Waals surface area contributed by atoms with E-state index in [1.165, 1.54) is 12.1 Å². The van der Waals surface area contributed by atoms with Crippen molar-refractivity contribution in [3.8, 4) is 5.75 Å². The topological polar surface area (TPSA) is 92.7 Å². The number of rotatable bonds is 8. The van der Waals surface area contributed by atoms with Crippen LogP contribution < -0.4 is 9.46 Å². The second-order valence-corrected chi connectivity index (χ2v) is 7.04. The Balaban J connectivity index is 2.03. The highest BCUT2D eigenvalue weighted by Crippen LogP contribution is 2.15. The van der Waals surface area contributed by atoms with Gasteiger partial charge in [-0.2, -0.15) is 0 Å². The summed E-state index contributed by atoms with van der Waals surface area (Å²) < 4.78 is 32.4. The van der Waals surface area contributed by atoms with E-state index in [4.69, 9.17) is 4.74 Å². The van der Waals surface area contributed by atoms with Crippen molar-refractivity contribution in [3.63, 3.8) is 0 Å². The predicted octanol–water partition coefficient (Wildman–Crippen LogP) is 2.28. The van der Waals surface area contributed by atoms with E-state index in [0.29, 0.717) is 5.75 Å². The molecule has 2 aromatic carbocycles. The summed E-state index contributed by atoms with van der Waals surface area (Å²) in [7, 11) is -3.70. The average Bonchev–Trinajstić information content (AvgIpc) is 2.55. The molecule has 6 nitrogen and oxygen atoms in total. The summed E-state index contributed by atoms with van der Waals surface area (Å²) in [5.41, 5.74) is 0. The Morgan fingerprint density at radius 2 is 1.62 bits per heavy atom. The van der Waals surface area contributed by atoms with Gasteiger partial charge in [-0.15, -0.1) is 0 Å². The Morgan fingerprint density at radius 3 is 2.17 bits per heavy atom. The van der Waals surface area contributed by atoms with Gasteiger partial charge in [-0.3, -0.25) is 0 Å². The molecule has 0 aliphatic rings. The lowest BCUT2D eigenvalue weighted by Gasteiger charge is -2.20. The molecule has 0 aliphatic carbocycles. The Morgan fingerprint density at radius 1 is 1.08 bits per heavy atom. The Bertz CT molecular complexity index is 762. The van der Waals surface area contributed by atoms with Gasteiger partial charge in [0.05, 0.1) is 4.90 Å². The van der Waals surface area contributed by atoms with Crippen LogP contribution in [0.3, 0.4) is 0 Å². The first-order valence-electron chi connectivity index (χ1n) is 7.40. The van der Waals surface area contributed by atoms with Gasteiger partial charge >= 0.3 is 5.97 Å². The minimum Gasteiger partial charge on any atom is -0.479 e. The number of sulfonamides is 1. The number of ether oxygens (including phenoxy) is 1. The van der Waals surface area contributed by atoms with Crippen LogP contribution in [0.1, 0.15) is 13.3 Å². The molecule has 0 spiro atoms. The minimum atomic E-state index is -3.70. The molecule has 0 aromatic heterocycles. The lowest BCUT2D eigenvalue weighted by Crippen LogP contribution is -2.39. The molecule has 0 radical (unpaired) electrons. The first-order chi connectivity index (χ1) is 11.4. The van der Waals surface area contributed by atoms with Crippen molar-refractivity contribution < 1.29 is 23.1 Å². The highest BCUT2D eigenvalue weighted by molar-refractivity contribution is 7.89. The van der Waals surface area contributed by atoms with Gasteiger partial charge in [0.25, 0.3) is 0 Å². The lowest BCUT2D eigenvalue weighted by molar-refractivity contribution is -0.145. The maximum Gasteiger partial charge on any atom is 0.344 e. The molecule has 2 rings (SSSR count). The van der Waals surface area contributed by atoms with Crippen molar-refractivity contribution in [1.82, 2.24) is 4.72 Å². The summed E-state index contributed by atoms with van der Waals surface area (Å²) in [5, 5.41) is 9.30. The third-order valence-electron chi connectivity index (χ3n) is 3.27. The van der Waals surface area contributed by atoms with Crippen LogP contribution >= 0.6 is 0 Å². The van der Waals surface area contributed by atoms with Crippen molar-refractivity contribution >= 4 is 16.0 Å². The molecule has 2 N–H and O–H groups in total. The van der Waals surface area contributed by atoms with Crippen molar-refractivity contribution in [1.29, 1.82) is 0 Å². The van der Waals surface area contributed by atoms with E-state index in [0.717, 1.165) is 0 Å². The maximum atomic E-state index is 12.3. The zero-order valence-electron chi connectivity index (χ0n) is 13.1. The summed E-state index contributed by atoms with van der Waals surface area (Å²) in [5.74, 6) is -0.729. The van der Waals surface area contributed by atoms with Gasteiger partial charge in [-0.25, -0.2) is 17.9 Å². The lowest BCUT2D eigenvalue weighted by atomic mass is 10.1. The molecule has 0 saturated heterocycles. The molecule has 0 fully saturated rings. The van der Waals surface area contributed by atoms with Crippen LogP contribution in [-0.4, -0.2) is 31.6 Å². The summed E-state index contributed by atoms with van der Waals surface area (Å²) >= 11 is 0. The molecule has 0 heterocycles. The second kappa shape index (κ2) is 7.94. The highest BCUT2D eigenvalue weighted by Gasteiger charge is 2.25. The number of carboxylic acid groups (broad SMARTS) is 1. The van der Waals surface area contributed by atoms with Crippen LogP contribution in [0.2, 0.25) is 0 Å². The van der Waals surface area contributed by atoms with Crippen LogP contribution in [0.25, 0.3) is 0 Å². The van der Waals surface area contributed by atoms with Gasteiger partial charge in [-0.05, 0) is 31.2 Å². The number of hydrogen-bond acceptors (Lipinski definition) is 4. The first-order valence-corrected chi connectivity index (χ1v) is 8.88.